The van der Waals surface area contributed by atoms with E-state index in [0.717, 1.165) is 18.6 Å². The fraction of sp³-hybridized carbons (Fsp3) is 0.455. The lowest BCUT2D eigenvalue weighted by molar-refractivity contribution is 0.518. The van der Waals surface area contributed by atoms with Crippen LogP contribution in [0.3, 0.4) is 0 Å². The molecule has 0 aliphatic carbocycles. The minimum absolute atomic E-state index is 0.149. The van der Waals surface area contributed by atoms with Crippen molar-refractivity contribution in [3.8, 4) is 0 Å². The molecule has 18 heavy (non-hydrogen) atoms. The van der Waals surface area contributed by atoms with E-state index in [4.69, 9.17) is 17.3 Å². The fourth-order valence-electron chi connectivity index (χ4n) is 1.55. The van der Waals surface area contributed by atoms with E-state index in [0.29, 0.717) is 6.42 Å². The van der Waals surface area contributed by atoms with Crippen LogP contribution < -0.4 is 10.5 Å². The highest BCUT2D eigenvalue weighted by Gasteiger charge is 2.22. The molecule has 0 saturated carbocycles. The quantitative estimate of drug-likeness (QED) is 0.841. The predicted molar refractivity (Wildman–Crippen MR) is 69.5 cm³/mol. The third-order valence-electron chi connectivity index (χ3n) is 2.43. The molecular weight excluding hydrogens is 279 g/mol. The Morgan fingerprint density at radius 2 is 2.17 bits per heavy atom. The summed E-state index contributed by atoms with van der Waals surface area (Å²) in [6, 6.07) is 3.04. The molecule has 0 spiro atoms. The lowest BCUT2D eigenvalue weighted by Crippen LogP contribution is -2.40. The molecule has 4 nitrogen and oxygen atoms in total. The Kier molecular flexibility index (Phi) is 5.52. The van der Waals surface area contributed by atoms with E-state index < -0.39 is 26.8 Å². The van der Waals surface area contributed by atoms with Gasteiger partial charge in [-0.05, 0) is 24.6 Å². The van der Waals surface area contributed by atoms with E-state index in [2.05, 4.69) is 4.72 Å². The Bertz CT molecular complexity index is 508. The monoisotopic (exact) mass is 294 g/mol. The highest BCUT2D eigenvalue weighted by molar-refractivity contribution is 7.89. The molecule has 0 fully saturated rings. The van der Waals surface area contributed by atoms with Crippen LogP contribution in [0.1, 0.15) is 19.8 Å². The highest BCUT2D eigenvalue weighted by atomic mass is 35.5. The van der Waals surface area contributed by atoms with E-state index >= 15 is 0 Å². The van der Waals surface area contributed by atoms with Gasteiger partial charge in [0.25, 0.3) is 0 Å². The molecule has 1 unspecified atom stereocenters. The summed E-state index contributed by atoms with van der Waals surface area (Å²) in [6.45, 7) is 2.09. The van der Waals surface area contributed by atoms with Crippen molar-refractivity contribution in [1.82, 2.24) is 4.72 Å². The lowest BCUT2D eigenvalue weighted by atomic mass is 10.2. The van der Waals surface area contributed by atoms with Crippen LogP contribution in [0, 0.1) is 5.82 Å². The van der Waals surface area contributed by atoms with Crippen molar-refractivity contribution in [2.75, 3.05) is 6.54 Å². The fourth-order valence-corrected chi connectivity index (χ4v) is 3.05. The maximum atomic E-state index is 13.6. The average Bonchev–Trinajstić information content (AvgIpc) is 2.27. The van der Waals surface area contributed by atoms with Gasteiger partial charge in [-0.15, -0.1) is 0 Å². The molecule has 7 heteroatoms. The molecule has 3 N–H and O–H groups in total. The molecule has 0 saturated heterocycles. The van der Waals surface area contributed by atoms with Gasteiger partial charge in [0, 0.05) is 17.6 Å². The summed E-state index contributed by atoms with van der Waals surface area (Å²) < 4.78 is 39.9. The third-order valence-corrected chi connectivity index (χ3v) is 4.22. The largest absolute Gasteiger partial charge is 0.329 e. The Hall–Kier alpha value is -0.690. The van der Waals surface area contributed by atoms with E-state index in [1.807, 2.05) is 6.92 Å². The number of halogens is 2. The minimum Gasteiger partial charge on any atom is -0.329 e. The molecule has 1 rings (SSSR count). The van der Waals surface area contributed by atoms with Gasteiger partial charge in [-0.25, -0.2) is 17.5 Å². The Balaban J connectivity index is 2.99. The average molecular weight is 295 g/mol. The van der Waals surface area contributed by atoms with Crippen molar-refractivity contribution < 1.29 is 12.8 Å². The molecule has 102 valence electrons. The second kappa shape index (κ2) is 6.47. The number of nitrogens with one attached hydrogen (secondary N) is 1. The molecule has 1 aromatic rings. The van der Waals surface area contributed by atoms with E-state index in [-0.39, 0.29) is 11.6 Å². The molecule has 0 aromatic heterocycles. The van der Waals surface area contributed by atoms with Gasteiger partial charge >= 0.3 is 0 Å². The van der Waals surface area contributed by atoms with Gasteiger partial charge in [0.15, 0.2) is 0 Å². The van der Waals surface area contributed by atoms with E-state index in [9.17, 15) is 12.8 Å². The molecule has 0 amide bonds. The van der Waals surface area contributed by atoms with Crippen LogP contribution in [-0.4, -0.2) is 21.0 Å². The predicted octanol–water partition coefficient (Wildman–Crippen LogP) is 1.88. The Morgan fingerprint density at radius 3 is 2.67 bits per heavy atom. The standard InChI is InChI=1S/C11H16ClFN2O2S/c1-2-3-9(7-14)15-18(16,17)11-5-4-8(12)6-10(11)13/h4-6,9,15H,2-3,7,14H2,1H3. The summed E-state index contributed by atoms with van der Waals surface area (Å²) in [4.78, 5) is -0.415. The zero-order valence-corrected chi connectivity index (χ0v) is 11.6. The van der Waals surface area contributed by atoms with Crippen molar-refractivity contribution in [3.63, 3.8) is 0 Å². The summed E-state index contributed by atoms with van der Waals surface area (Å²) in [6.07, 6.45) is 1.39. The third kappa shape index (κ3) is 3.91. The normalized spacial score (nSPS) is 13.6. The second-order valence-corrected chi connectivity index (χ2v) is 6.04. The van der Waals surface area contributed by atoms with Crippen molar-refractivity contribution in [3.05, 3.63) is 29.0 Å². The number of nitrogens with two attached hydrogens (primary N) is 1. The van der Waals surface area contributed by atoms with Gasteiger partial charge < -0.3 is 5.73 Å². The Labute approximate surface area is 111 Å². The summed E-state index contributed by atoms with van der Waals surface area (Å²) in [5.41, 5.74) is 5.46. The first kappa shape index (κ1) is 15.4. The molecule has 1 aromatic carbocycles. The van der Waals surface area contributed by atoms with Crippen LogP contribution >= 0.6 is 11.6 Å². The molecular formula is C11H16ClFN2O2S. The summed E-state index contributed by atoms with van der Waals surface area (Å²) >= 11 is 5.57. The van der Waals surface area contributed by atoms with Gasteiger partial charge in [0.1, 0.15) is 10.7 Å². The van der Waals surface area contributed by atoms with Gasteiger partial charge in [0.05, 0.1) is 0 Å². The number of benzene rings is 1. The maximum Gasteiger partial charge on any atom is 0.243 e. The number of sulfonamides is 1. The van der Waals surface area contributed by atoms with E-state index in [1.165, 1.54) is 6.07 Å². The van der Waals surface area contributed by atoms with Crippen LogP contribution in [0.15, 0.2) is 23.1 Å². The van der Waals surface area contributed by atoms with Crippen LogP contribution in [0.25, 0.3) is 0 Å². The maximum absolute atomic E-state index is 13.6. The summed E-state index contributed by atoms with van der Waals surface area (Å²) in [7, 11) is -3.90. The van der Waals surface area contributed by atoms with Gasteiger partial charge in [-0.3, -0.25) is 0 Å². The van der Waals surface area contributed by atoms with Crippen LogP contribution in [0.2, 0.25) is 5.02 Å². The van der Waals surface area contributed by atoms with Crippen LogP contribution in [-0.2, 0) is 10.0 Å². The number of hydrogen-bond donors (Lipinski definition) is 2. The molecule has 0 bridgehead atoms. The summed E-state index contributed by atoms with van der Waals surface area (Å²) in [5, 5.41) is 0.149. The Morgan fingerprint density at radius 1 is 1.50 bits per heavy atom. The van der Waals surface area contributed by atoms with Crippen molar-refractivity contribution >= 4 is 21.6 Å². The first-order chi connectivity index (χ1) is 8.40. The topological polar surface area (TPSA) is 72.2 Å². The van der Waals surface area contributed by atoms with Gasteiger partial charge in [-0.2, -0.15) is 0 Å². The lowest BCUT2D eigenvalue weighted by Gasteiger charge is -2.16. The van der Waals surface area contributed by atoms with Crippen LogP contribution in [0.5, 0.6) is 0 Å². The SMILES string of the molecule is CCCC(CN)NS(=O)(=O)c1ccc(Cl)cc1F. The van der Waals surface area contributed by atoms with Crippen molar-refractivity contribution in [2.45, 2.75) is 30.7 Å². The van der Waals surface area contributed by atoms with Crippen LogP contribution in [0.4, 0.5) is 4.39 Å². The molecule has 1 atom stereocenters. The second-order valence-electron chi connectivity index (χ2n) is 3.92. The smallest absolute Gasteiger partial charge is 0.243 e. The number of rotatable bonds is 6. The summed E-state index contributed by atoms with van der Waals surface area (Å²) in [5.74, 6) is -0.873. The minimum atomic E-state index is -3.90. The zero-order valence-electron chi connectivity index (χ0n) is 9.99. The van der Waals surface area contributed by atoms with Crippen molar-refractivity contribution in [1.29, 1.82) is 0 Å². The van der Waals surface area contributed by atoms with E-state index in [1.54, 1.807) is 0 Å². The first-order valence-corrected chi connectivity index (χ1v) is 7.44. The van der Waals surface area contributed by atoms with Gasteiger partial charge in [0.2, 0.25) is 10.0 Å². The van der Waals surface area contributed by atoms with Gasteiger partial charge in [-0.1, -0.05) is 24.9 Å². The molecule has 0 heterocycles. The molecule has 0 radical (unpaired) electrons. The zero-order chi connectivity index (χ0) is 13.8. The number of hydrogen-bond acceptors (Lipinski definition) is 3. The molecule has 0 aliphatic rings. The first-order valence-electron chi connectivity index (χ1n) is 5.58. The molecule has 0 aliphatic heterocycles. The van der Waals surface area contributed by atoms with Crippen molar-refractivity contribution in [2.24, 2.45) is 5.73 Å². The highest BCUT2D eigenvalue weighted by Crippen LogP contribution is 2.19.